The van der Waals surface area contributed by atoms with Crippen LogP contribution in [0.4, 0.5) is 11.4 Å². The molecule has 0 aliphatic carbocycles. The molecule has 0 aromatic heterocycles. The molecular weight excluding hydrogens is 328 g/mol. The normalized spacial score (nSPS) is 16.4. The van der Waals surface area contributed by atoms with Crippen LogP contribution in [0, 0.1) is 6.92 Å². The maximum atomic E-state index is 12.5. The van der Waals surface area contributed by atoms with Gasteiger partial charge >= 0.3 is 0 Å². The molecule has 3 rings (SSSR count). The largest absolute Gasteiger partial charge is 0.492 e. The standard InChI is InChI=1S/C21H26N2O3/c1-5-25-20-11-16-10-14(3)26-19(16)12-18(20)22-15(4)21(24)23-17-8-6-7-13(2)9-17/h6-9,11-12,14-15,22H,5,10H2,1-4H3,(H,23,24)/t14-,15-/m1/s1. The van der Waals surface area contributed by atoms with Crippen LogP contribution in [0.3, 0.4) is 0 Å². The van der Waals surface area contributed by atoms with Crippen molar-refractivity contribution in [1.29, 1.82) is 0 Å². The van der Waals surface area contributed by atoms with Gasteiger partial charge in [0.2, 0.25) is 5.91 Å². The lowest BCUT2D eigenvalue weighted by Gasteiger charge is -2.19. The average molecular weight is 354 g/mol. The number of carbonyl (C=O) groups excluding carboxylic acids is 1. The van der Waals surface area contributed by atoms with Crippen molar-refractivity contribution in [2.75, 3.05) is 17.2 Å². The first kappa shape index (κ1) is 18.1. The number of rotatable bonds is 6. The number of benzene rings is 2. The van der Waals surface area contributed by atoms with Crippen LogP contribution in [-0.2, 0) is 11.2 Å². The fraction of sp³-hybridized carbons (Fsp3) is 0.381. The zero-order valence-electron chi connectivity index (χ0n) is 15.8. The summed E-state index contributed by atoms with van der Waals surface area (Å²) in [5, 5.41) is 6.20. The van der Waals surface area contributed by atoms with Crippen LogP contribution in [0.5, 0.6) is 11.5 Å². The molecule has 2 atom stereocenters. The topological polar surface area (TPSA) is 59.6 Å². The van der Waals surface area contributed by atoms with Gasteiger partial charge in [-0.2, -0.15) is 0 Å². The van der Waals surface area contributed by atoms with Crippen LogP contribution >= 0.6 is 0 Å². The van der Waals surface area contributed by atoms with Crippen LogP contribution in [0.1, 0.15) is 31.9 Å². The van der Waals surface area contributed by atoms with E-state index in [2.05, 4.69) is 10.6 Å². The summed E-state index contributed by atoms with van der Waals surface area (Å²) in [6, 6.07) is 11.3. The molecular formula is C21H26N2O3. The van der Waals surface area contributed by atoms with Crippen molar-refractivity contribution < 1.29 is 14.3 Å². The van der Waals surface area contributed by atoms with Crippen molar-refractivity contribution in [2.24, 2.45) is 0 Å². The Labute approximate surface area is 154 Å². The molecule has 138 valence electrons. The van der Waals surface area contributed by atoms with E-state index in [0.29, 0.717) is 6.61 Å². The second-order valence-electron chi connectivity index (χ2n) is 6.75. The van der Waals surface area contributed by atoms with Crippen LogP contribution in [-0.4, -0.2) is 24.7 Å². The number of ether oxygens (including phenoxy) is 2. The Morgan fingerprint density at radius 2 is 2.15 bits per heavy atom. The van der Waals surface area contributed by atoms with Crippen molar-refractivity contribution in [3.05, 3.63) is 47.5 Å². The molecule has 1 aliphatic rings. The van der Waals surface area contributed by atoms with Crippen molar-refractivity contribution in [3.63, 3.8) is 0 Å². The first-order valence-corrected chi connectivity index (χ1v) is 9.06. The Kier molecular flexibility index (Phi) is 5.35. The van der Waals surface area contributed by atoms with E-state index in [1.54, 1.807) is 0 Å². The number of hydrogen-bond acceptors (Lipinski definition) is 4. The molecule has 0 spiro atoms. The van der Waals surface area contributed by atoms with Gasteiger partial charge in [0.05, 0.1) is 12.3 Å². The minimum Gasteiger partial charge on any atom is -0.492 e. The van der Waals surface area contributed by atoms with Gasteiger partial charge in [-0.3, -0.25) is 4.79 Å². The number of carbonyl (C=O) groups is 1. The highest BCUT2D eigenvalue weighted by Gasteiger charge is 2.23. The fourth-order valence-corrected chi connectivity index (χ4v) is 3.10. The van der Waals surface area contributed by atoms with Crippen molar-refractivity contribution >= 4 is 17.3 Å². The third-order valence-electron chi connectivity index (χ3n) is 4.35. The van der Waals surface area contributed by atoms with Gasteiger partial charge in [-0.05, 0) is 51.5 Å². The molecule has 2 aromatic rings. The molecule has 5 heteroatoms. The van der Waals surface area contributed by atoms with E-state index < -0.39 is 6.04 Å². The van der Waals surface area contributed by atoms with E-state index in [9.17, 15) is 4.79 Å². The first-order valence-electron chi connectivity index (χ1n) is 9.06. The number of aryl methyl sites for hydroxylation is 1. The lowest BCUT2D eigenvalue weighted by atomic mass is 10.1. The molecule has 0 saturated carbocycles. The highest BCUT2D eigenvalue weighted by Crippen LogP contribution is 2.38. The number of anilines is 2. The number of hydrogen-bond donors (Lipinski definition) is 2. The van der Waals surface area contributed by atoms with E-state index in [-0.39, 0.29) is 12.0 Å². The Bertz CT molecular complexity index is 804. The second kappa shape index (κ2) is 7.68. The van der Waals surface area contributed by atoms with E-state index >= 15 is 0 Å². The summed E-state index contributed by atoms with van der Waals surface area (Å²) < 4.78 is 11.6. The summed E-state index contributed by atoms with van der Waals surface area (Å²) in [7, 11) is 0. The molecule has 5 nitrogen and oxygen atoms in total. The Morgan fingerprint density at radius 1 is 1.35 bits per heavy atom. The highest BCUT2D eigenvalue weighted by molar-refractivity contribution is 5.96. The minimum absolute atomic E-state index is 0.104. The number of amides is 1. The van der Waals surface area contributed by atoms with Crippen molar-refractivity contribution in [1.82, 2.24) is 0 Å². The number of fused-ring (bicyclic) bond motifs is 1. The van der Waals surface area contributed by atoms with Crippen LogP contribution in [0.2, 0.25) is 0 Å². The molecule has 0 saturated heterocycles. The van der Waals surface area contributed by atoms with E-state index in [0.717, 1.165) is 40.4 Å². The molecule has 0 bridgehead atoms. The number of nitrogens with one attached hydrogen (secondary N) is 2. The summed E-state index contributed by atoms with van der Waals surface area (Å²) in [4.78, 5) is 12.5. The minimum atomic E-state index is -0.424. The molecule has 0 radical (unpaired) electrons. The maximum absolute atomic E-state index is 12.5. The summed E-state index contributed by atoms with van der Waals surface area (Å²) in [6.07, 6.45) is 1.04. The zero-order chi connectivity index (χ0) is 18.7. The molecule has 2 N–H and O–H groups in total. The third-order valence-corrected chi connectivity index (χ3v) is 4.35. The van der Waals surface area contributed by atoms with E-state index in [4.69, 9.17) is 9.47 Å². The van der Waals surface area contributed by atoms with Gasteiger partial charge in [0.1, 0.15) is 23.6 Å². The fourth-order valence-electron chi connectivity index (χ4n) is 3.10. The molecule has 1 aliphatic heterocycles. The average Bonchev–Trinajstić information content (AvgIpc) is 2.94. The first-order chi connectivity index (χ1) is 12.5. The molecule has 2 aromatic carbocycles. The van der Waals surface area contributed by atoms with Crippen LogP contribution in [0.25, 0.3) is 0 Å². The van der Waals surface area contributed by atoms with Gasteiger partial charge in [0.15, 0.2) is 0 Å². The van der Waals surface area contributed by atoms with E-state index in [1.165, 1.54) is 0 Å². The van der Waals surface area contributed by atoms with Crippen molar-refractivity contribution in [2.45, 2.75) is 46.3 Å². The Morgan fingerprint density at radius 3 is 2.88 bits per heavy atom. The predicted molar refractivity (Wildman–Crippen MR) is 104 cm³/mol. The van der Waals surface area contributed by atoms with Gasteiger partial charge < -0.3 is 20.1 Å². The Balaban J connectivity index is 1.74. The molecule has 0 unspecified atom stereocenters. The lowest BCUT2D eigenvalue weighted by Crippen LogP contribution is -2.32. The maximum Gasteiger partial charge on any atom is 0.246 e. The molecule has 1 heterocycles. The van der Waals surface area contributed by atoms with Gasteiger partial charge in [0, 0.05) is 23.7 Å². The van der Waals surface area contributed by atoms with Gasteiger partial charge in [0.25, 0.3) is 0 Å². The van der Waals surface area contributed by atoms with Gasteiger partial charge in [-0.15, -0.1) is 0 Å². The molecule has 1 amide bonds. The van der Waals surface area contributed by atoms with Crippen LogP contribution in [0.15, 0.2) is 36.4 Å². The van der Waals surface area contributed by atoms with Crippen LogP contribution < -0.4 is 20.1 Å². The second-order valence-corrected chi connectivity index (χ2v) is 6.75. The molecule has 26 heavy (non-hydrogen) atoms. The summed E-state index contributed by atoms with van der Waals surface area (Å²) in [5.74, 6) is 1.50. The SMILES string of the molecule is CCOc1cc2c(cc1N[C@H](C)C(=O)Nc1cccc(C)c1)O[C@H](C)C2. The lowest BCUT2D eigenvalue weighted by molar-refractivity contribution is -0.116. The Hall–Kier alpha value is -2.69. The van der Waals surface area contributed by atoms with E-state index in [1.807, 2.05) is 64.1 Å². The van der Waals surface area contributed by atoms with Gasteiger partial charge in [-0.1, -0.05) is 12.1 Å². The van der Waals surface area contributed by atoms with Crippen molar-refractivity contribution in [3.8, 4) is 11.5 Å². The summed E-state index contributed by atoms with van der Waals surface area (Å²) in [5.41, 5.74) is 3.81. The monoisotopic (exact) mass is 354 g/mol. The highest BCUT2D eigenvalue weighted by atomic mass is 16.5. The predicted octanol–water partition coefficient (Wildman–Crippen LogP) is 4.16. The summed E-state index contributed by atoms with van der Waals surface area (Å²) >= 11 is 0. The zero-order valence-corrected chi connectivity index (χ0v) is 15.8. The third kappa shape index (κ3) is 4.10. The smallest absolute Gasteiger partial charge is 0.246 e. The van der Waals surface area contributed by atoms with Gasteiger partial charge in [-0.25, -0.2) is 0 Å². The quantitative estimate of drug-likeness (QED) is 0.818. The molecule has 0 fully saturated rings. The summed E-state index contributed by atoms with van der Waals surface area (Å²) in [6.45, 7) is 8.39.